The van der Waals surface area contributed by atoms with Crippen LogP contribution in [-0.4, -0.2) is 33.5 Å². The summed E-state index contributed by atoms with van der Waals surface area (Å²) in [6, 6.07) is 5.55. The molecule has 1 amide bonds. The molecule has 1 N–H and O–H groups in total. The maximum Gasteiger partial charge on any atom is 0.427 e. The lowest BCUT2D eigenvalue weighted by molar-refractivity contribution is 0.171. The normalized spacial score (nSPS) is 10.4. The number of ether oxygens (including phenoxy) is 1. The van der Waals surface area contributed by atoms with E-state index in [0.29, 0.717) is 10.6 Å². The lowest BCUT2D eigenvalue weighted by atomic mass is 10.2. The molecule has 0 saturated carbocycles. The highest BCUT2D eigenvalue weighted by atomic mass is 35.5. The minimum atomic E-state index is -0.623. The number of hydrogen-bond donors (Lipinski definition) is 1. The zero-order valence-electron chi connectivity index (χ0n) is 9.90. The number of nitrogens with zero attached hydrogens (tertiary/aromatic N) is 2. The van der Waals surface area contributed by atoms with Gasteiger partial charge in [0.25, 0.3) is 0 Å². The third kappa shape index (κ3) is 3.96. The molecule has 0 radical (unpaired) electrons. The van der Waals surface area contributed by atoms with Crippen molar-refractivity contribution in [2.45, 2.75) is 0 Å². The van der Waals surface area contributed by atoms with Gasteiger partial charge in [-0.05, 0) is 18.2 Å². The molecule has 0 atom stereocenters. The van der Waals surface area contributed by atoms with Crippen molar-refractivity contribution >= 4 is 29.6 Å². The molecular formula is C11H14ClN3O2. The SMILES string of the molecule is COC(=O)N/N=C/c1ccc(N(C)C)cc1Cl. The van der Waals surface area contributed by atoms with Gasteiger partial charge in [0.1, 0.15) is 0 Å². The van der Waals surface area contributed by atoms with Crippen LogP contribution in [0.2, 0.25) is 5.02 Å². The minimum absolute atomic E-state index is 0.562. The molecule has 0 spiro atoms. The van der Waals surface area contributed by atoms with E-state index in [2.05, 4.69) is 15.3 Å². The first kappa shape index (κ1) is 13.3. The number of halogens is 1. The molecule has 0 bridgehead atoms. The molecule has 0 aromatic heterocycles. The van der Waals surface area contributed by atoms with Gasteiger partial charge in [-0.3, -0.25) is 0 Å². The van der Waals surface area contributed by atoms with Gasteiger partial charge in [-0.15, -0.1) is 0 Å². The number of benzene rings is 1. The quantitative estimate of drug-likeness (QED) is 0.665. The van der Waals surface area contributed by atoms with E-state index in [1.807, 2.05) is 37.2 Å². The number of methoxy groups -OCH3 is 1. The number of anilines is 1. The molecule has 1 aromatic carbocycles. The van der Waals surface area contributed by atoms with Crippen LogP contribution in [0.5, 0.6) is 0 Å². The number of carbonyl (C=O) groups is 1. The van der Waals surface area contributed by atoms with Gasteiger partial charge in [0.05, 0.1) is 18.3 Å². The fourth-order valence-corrected chi connectivity index (χ4v) is 1.32. The average molecular weight is 256 g/mol. The zero-order chi connectivity index (χ0) is 12.8. The molecule has 0 heterocycles. The molecule has 1 aromatic rings. The summed E-state index contributed by atoms with van der Waals surface area (Å²) >= 11 is 6.06. The zero-order valence-corrected chi connectivity index (χ0v) is 10.7. The summed E-state index contributed by atoms with van der Waals surface area (Å²) in [7, 11) is 5.13. The number of nitrogens with one attached hydrogen (secondary N) is 1. The predicted molar refractivity (Wildman–Crippen MR) is 68.9 cm³/mol. The van der Waals surface area contributed by atoms with Crippen LogP contribution in [0.3, 0.4) is 0 Å². The highest BCUT2D eigenvalue weighted by molar-refractivity contribution is 6.33. The first-order chi connectivity index (χ1) is 8.04. The number of hydrazone groups is 1. The van der Waals surface area contributed by atoms with Crippen molar-refractivity contribution < 1.29 is 9.53 Å². The molecule has 0 aliphatic carbocycles. The van der Waals surface area contributed by atoms with Crippen molar-refractivity contribution in [2.75, 3.05) is 26.1 Å². The van der Waals surface area contributed by atoms with E-state index in [1.165, 1.54) is 13.3 Å². The first-order valence-corrected chi connectivity index (χ1v) is 5.26. The van der Waals surface area contributed by atoms with E-state index < -0.39 is 6.09 Å². The summed E-state index contributed by atoms with van der Waals surface area (Å²) in [4.78, 5) is 12.7. The van der Waals surface area contributed by atoms with Crippen LogP contribution in [0.4, 0.5) is 10.5 Å². The second-order valence-corrected chi connectivity index (χ2v) is 3.87. The Balaban J connectivity index is 2.76. The number of rotatable bonds is 3. The second kappa shape index (κ2) is 6.10. The Morgan fingerprint density at radius 1 is 1.53 bits per heavy atom. The van der Waals surface area contributed by atoms with E-state index in [0.717, 1.165) is 5.69 Å². The van der Waals surface area contributed by atoms with Gasteiger partial charge in [0.15, 0.2) is 0 Å². The Morgan fingerprint density at radius 3 is 2.76 bits per heavy atom. The van der Waals surface area contributed by atoms with Crippen LogP contribution >= 0.6 is 11.6 Å². The predicted octanol–water partition coefficient (Wildman–Crippen LogP) is 2.10. The van der Waals surface area contributed by atoms with E-state index in [1.54, 1.807) is 0 Å². The van der Waals surface area contributed by atoms with Crippen LogP contribution in [0.1, 0.15) is 5.56 Å². The van der Waals surface area contributed by atoms with E-state index in [-0.39, 0.29) is 0 Å². The maximum atomic E-state index is 10.7. The van der Waals surface area contributed by atoms with Crippen molar-refractivity contribution in [3.8, 4) is 0 Å². The third-order valence-corrected chi connectivity index (χ3v) is 2.37. The standard InChI is InChI=1S/C11H14ClN3O2/c1-15(2)9-5-4-8(10(12)6-9)7-13-14-11(16)17-3/h4-7H,1-3H3,(H,14,16)/b13-7+. The van der Waals surface area contributed by atoms with E-state index >= 15 is 0 Å². The topological polar surface area (TPSA) is 53.9 Å². The Bertz CT molecular complexity index is 433. The Labute approximate surface area is 105 Å². The highest BCUT2D eigenvalue weighted by Crippen LogP contribution is 2.21. The van der Waals surface area contributed by atoms with Crippen molar-refractivity contribution in [1.82, 2.24) is 5.43 Å². The molecule has 17 heavy (non-hydrogen) atoms. The molecule has 5 nitrogen and oxygen atoms in total. The maximum absolute atomic E-state index is 10.7. The smallest absolute Gasteiger partial charge is 0.427 e. The third-order valence-electron chi connectivity index (χ3n) is 2.05. The van der Waals surface area contributed by atoms with Crippen molar-refractivity contribution in [2.24, 2.45) is 5.10 Å². The molecule has 6 heteroatoms. The molecule has 0 unspecified atom stereocenters. The Hall–Kier alpha value is -1.75. The van der Waals surface area contributed by atoms with Gasteiger partial charge in [-0.2, -0.15) is 5.10 Å². The molecule has 1 rings (SSSR count). The fourth-order valence-electron chi connectivity index (χ4n) is 1.10. The summed E-state index contributed by atoms with van der Waals surface area (Å²) < 4.78 is 4.37. The van der Waals surface area contributed by atoms with Crippen LogP contribution in [-0.2, 0) is 4.74 Å². The van der Waals surface area contributed by atoms with Gasteiger partial charge < -0.3 is 9.64 Å². The average Bonchev–Trinajstić information content (AvgIpc) is 2.30. The first-order valence-electron chi connectivity index (χ1n) is 4.88. The summed E-state index contributed by atoms with van der Waals surface area (Å²) in [5.41, 5.74) is 3.89. The number of carbonyl (C=O) groups excluding carboxylic acids is 1. The summed E-state index contributed by atoms with van der Waals surface area (Å²) in [6.45, 7) is 0. The van der Waals surface area contributed by atoms with Crippen LogP contribution in [0.15, 0.2) is 23.3 Å². The Kier molecular flexibility index (Phi) is 4.78. The van der Waals surface area contributed by atoms with E-state index in [4.69, 9.17) is 11.6 Å². The number of hydrogen-bond acceptors (Lipinski definition) is 4. The van der Waals surface area contributed by atoms with Gasteiger partial charge >= 0.3 is 6.09 Å². The lowest BCUT2D eigenvalue weighted by Crippen LogP contribution is -2.16. The second-order valence-electron chi connectivity index (χ2n) is 3.46. The molecule has 0 aliphatic heterocycles. The minimum Gasteiger partial charge on any atom is -0.452 e. The van der Waals surface area contributed by atoms with Crippen molar-refractivity contribution in [3.63, 3.8) is 0 Å². The van der Waals surface area contributed by atoms with Gasteiger partial charge in [-0.1, -0.05) is 11.6 Å². The fraction of sp³-hybridized carbons (Fsp3) is 0.273. The summed E-state index contributed by atoms with van der Waals surface area (Å²) in [5.74, 6) is 0. The molecule has 0 fully saturated rings. The number of amides is 1. The van der Waals surface area contributed by atoms with Crippen LogP contribution in [0.25, 0.3) is 0 Å². The lowest BCUT2D eigenvalue weighted by Gasteiger charge is -2.12. The molecular weight excluding hydrogens is 242 g/mol. The summed E-state index contributed by atoms with van der Waals surface area (Å²) in [6.07, 6.45) is 0.834. The van der Waals surface area contributed by atoms with E-state index in [9.17, 15) is 4.79 Å². The Morgan fingerprint density at radius 2 is 2.24 bits per heavy atom. The van der Waals surface area contributed by atoms with Crippen molar-refractivity contribution in [1.29, 1.82) is 0 Å². The monoisotopic (exact) mass is 255 g/mol. The molecule has 0 aliphatic rings. The van der Waals surface area contributed by atoms with Crippen molar-refractivity contribution in [3.05, 3.63) is 28.8 Å². The summed E-state index contributed by atoms with van der Waals surface area (Å²) in [5, 5.41) is 4.26. The van der Waals surface area contributed by atoms with Gasteiger partial charge in [0.2, 0.25) is 0 Å². The largest absolute Gasteiger partial charge is 0.452 e. The molecule has 92 valence electrons. The highest BCUT2D eigenvalue weighted by Gasteiger charge is 2.01. The van der Waals surface area contributed by atoms with Gasteiger partial charge in [0, 0.05) is 25.3 Å². The van der Waals surface area contributed by atoms with Crippen LogP contribution < -0.4 is 10.3 Å². The van der Waals surface area contributed by atoms with Gasteiger partial charge in [-0.25, -0.2) is 10.2 Å². The van der Waals surface area contributed by atoms with Crippen LogP contribution in [0, 0.1) is 0 Å². The molecule has 0 saturated heterocycles.